The fraction of sp³-hybridized carbons (Fsp3) is 0.273. The molecule has 0 aromatic heterocycles. The van der Waals surface area contributed by atoms with Gasteiger partial charge in [0.05, 0.1) is 31.6 Å². The van der Waals surface area contributed by atoms with Gasteiger partial charge in [0, 0.05) is 29.3 Å². The summed E-state index contributed by atoms with van der Waals surface area (Å²) in [7, 11) is 0.936. The van der Waals surface area contributed by atoms with Crippen LogP contribution < -0.4 is 14.2 Å². The smallest absolute Gasteiger partial charge is 0.245 e. The predicted molar refractivity (Wildman–Crippen MR) is 119 cm³/mol. The Morgan fingerprint density at radius 2 is 1.57 bits per heavy atom. The molecule has 8 heteroatoms. The Hall–Kier alpha value is -2.42. The summed E-state index contributed by atoms with van der Waals surface area (Å²) in [4.78, 5) is 0.313. The first-order chi connectivity index (χ1) is 14.5. The van der Waals surface area contributed by atoms with Crippen LogP contribution in [0.2, 0.25) is 0 Å². The fourth-order valence-electron chi connectivity index (χ4n) is 3.74. The molecular weight excluding hydrogens is 422 g/mol. The van der Waals surface area contributed by atoms with E-state index in [0.29, 0.717) is 34.4 Å². The predicted octanol–water partition coefficient (Wildman–Crippen LogP) is 4.30. The first kappa shape index (κ1) is 20.8. The lowest BCUT2D eigenvalue weighted by atomic mass is 10.1. The average molecular weight is 446 g/mol. The van der Waals surface area contributed by atoms with Gasteiger partial charge in [-0.2, -0.15) is 4.31 Å². The lowest BCUT2D eigenvalue weighted by Gasteiger charge is -2.26. The van der Waals surface area contributed by atoms with Crippen LogP contribution in [0.1, 0.15) is 10.9 Å². The van der Waals surface area contributed by atoms with Crippen LogP contribution in [-0.2, 0) is 10.0 Å². The molecule has 0 bridgehead atoms. The van der Waals surface area contributed by atoms with E-state index in [4.69, 9.17) is 14.2 Å². The molecule has 1 fully saturated rings. The average Bonchev–Trinajstić information content (AvgIpc) is 3.28. The van der Waals surface area contributed by atoms with Crippen molar-refractivity contribution in [2.75, 3.05) is 33.6 Å². The number of thioether (sulfide) groups is 1. The summed E-state index contributed by atoms with van der Waals surface area (Å²) in [6.45, 7) is 0.415. The number of hydrogen-bond acceptors (Lipinski definition) is 6. The first-order valence-electron chi connectivity index (χ1n) is 9.42. The second kappa shape index (κ2) is 8.37. The molecule has 3 aromatic carbocycles. The number of methoxy groups -OCH3 is 3. The van der Waals surface area contributed by atoms with Crippen LogP contribution in [0.3, 0.4) is 0 Å². The first-order valence-corrected chi connectivity index (χ1v) is 11.9. The molecule has 0 N–H and O–H groups in total. The summed E-state index contributed by atoms with van der Waals surface area (Å²) in [6, 6.07) is 16.4. The topological polar surface area (TPSA) is 65.1 Å². The van der Waals surface area contributed by atoms with Gasteiger partial charge in [0.15, 0.2) is 11.5 Å². The summed E-state index contributed by atoms with van der Waals surface area (Å²) in [5, 5.41) is 1.18. The molecule has 158 valence electrons. The number of sulfonamides is 1. The quantitative estimate of drug-likeness (QED) is 0.564. The van der Waals surface area contributed by atoms with Crippen LogP contribution in [0.4, 0.5) is 0 Å². The molecule has 4 rings (SSSR count). The van der Waals surface area contributed by atoms with Gasteiger partial charge in [0.2, 0.25) is 10.0 Å². The molecule has 3 aromatic rings. The Kier molecular flexibility index (Phi) is 5.81. The highest BCUT2D eigenvalue weighted by molar-refractivity contribution is 8.01. The molecule has 0 spiro atoms. The van der Waals surface area contributed by atoms with Crippen LogP contribution in [0.5, 0.6) is 17.2 Å². The lowest BCUT2D eigenvalue weighted by molar-refractivity contribution is 0.344. The highest BCUT2D eigenvalue weighted by Crippen LogP contribution is 2.48. The second-order valence-corrected chi connectivity index (χ2v) is 9.81. The molecule has 1 aliphatic heterocycles. The van der Waals surface area contributed by atoms with Gasteiger partial charge in [0.25, 0.3) is 0 Å². The zero-order valence-electron chi connectivity index (χ0n) is 17.0. The van der Waals surface area contributed by atoms with Gasteiger partial charge < -0.3 is 14.2 Å². The molecule has 1 atom stereocenters. The molecule has 30 heavy (non-hydrogen) atoms. The van der Waals surface area contributed by atoms with Crippen molar-refractivity contribution in [1.29, 1.82) is 0 Å². The van der Waals surface area contributed by atoms with Crippen molar-refractivity contribution in [3.8, 4) is 17.2 Å². The van der Waals surface area contributed by atoms with Crippen LogP contribution in [-0.4, -0.2) is 46.4 Å². The van der Waals surface area contributed by atoms with E-state index in [-0.39, 0.29) is 0 Å². The van der Waals surface area contributed by atoms with Gasteiger partial charge in [0.1, 0.15) is 5.75 Å². The minimum Gasteiger partial charge on any atom is -0.496 e. The van der Waals surface area contributed by atoms with Crippen molar-refractivity contribution in [2.24, 2.45) is 0 Å². The van der Waals surface area contributed by atoms with E-state index in [2.05, 4.69) is 0 Å². The monoisotopic (exact) mass is 445 g/mol. The summed E-state index contributed by atoms with van der Waals surface area (Å²) < 4.78 is 45.4. The largest absolute Gasteiger partial charge is 0.496 e. The van der Waals surface area contributed by atoms with Gasteiger partial charge in [-0.1, -0.05) is 36.4 Å². The van der Waals surface area contributed by atoms with Crippen LogP contribution in [0.15, 0.2) is 59.5 Å². The second-order valence-electron chi connectivity index (χ2n) is 6.77. The highest BCUT2D eigenvalue weighted by atomic mass is 32.2. The normalized spacial score (nSPS) is 17.2. The zero-order chi connectivity index (χ0) is 21.3. The van der Waals surface area contributed by atoms with Crippen molar-refractivity contribution in [2.45, 2.75) is 10.3 Å². The third-order valence-corrected chi connectivity index (χ3v) is 8.49. The van der Waals surface area contributed by atoms with Crippen molar-refractivity contribution in [3.63, 3.8) is 0 Å². The van der Waals surface area contributed by atoms with Crippen molar-refractivity contribution in [1.82, 2.24) is 4.31 Å². The molecule has 6 nitrogen and oxygen atoms in total. The van der Waals surface area contributed by atoms with Crippen LogP contribution >= 0.6 is 11.8 Å². The minimum atomic E-state index is -3.74. The van der Waals surface area contributed by atoms with Crippen molar-refractivity contribution < 1.29 is 22.6 Å². The maximum atomic E-state index is 13.7. The van der Waals surface area contributed by atoms with E-state index in [1.54, 1.807) is 61.7 Å². The molecule has 0 saturated carbocycles. The number of benzene rings is 3. The number of rotatable bonds is 6. The Bertz CT molecular complexity index is 1170. The molecule has 1 saturated heterocycles. The Labute approximate surface area is 180 Å². The third-order valence-electron chi connectivity index (χ3n) is 5.19. The summed E-state index contributed by atoms with van der Waals surface area (Å²) in [6.07, 6.45) is 0. The van der Waals surface area contributed by atoms with E-state index < -0.39 is 15.4 Å². The SMILES string of the molecule is COc1cc(OC)c(C2SCCN2S(=O)(=O)c2cccc3ccccc23)cc1OC. The minimum absolute atomic E-state index is 0.313. The molecule has 1 unspecified atom stereocenters. The number of fused-ring (bicyclic) bond motifs is 1. The molecular formula is C22H23NO5S2. The third kappa shape index (κ3) is 3.49. The maximum absolute atomic E-state index is 13.7. The summed E-state index contributed by atoms with van der Waals surface area (Å²) in [5.41, 5.74) is 0.737. The number of nitrogens with zero attached hydrogens (tertiary/aromatic N) is 1. The van der Waals surface area contributed by atoms with E-state index in [0.717, 1.165) is 16.3 Å². The van der Waals surface area contributed by atoms with E-state index in [1.807, 2.05) is 30.3 Å². The van der Waals surface area contributed by atoms with E-state index in [1.165, 1.54) is 0 Å². The van der Waals surface area contributed by atoms with E-state index in [9.17, 15) is 8.42 Å². The van der Waals surface area contributed by atoms with Crippen LogP contribution in [0.25, 0.3) is 10.8 Å². The fourth-order valence-corrected chi connectivity index (χ4v) is 7.20. The molecule has 1 heterocycles. The molecule has 0 aliphatic carbocycles. The molecule has 1 aliphatic rings. The molecule has 0 radical (unpaired) electrons. The molecule has 0 amide bonds. The highest BCUT2D eigenvalue weighted by Gasteiger charge is 2.39. The van der Waals surface area contributed by atoms with Crippen LogP contribution in [0, 0.1) is 0 Å². The number of ether oxygens (including phenoxy) is 3. The number of hydrogen-bond donors (Lipinski definition) is 0. The van der Waals surface area contributed by atoms with Crippen molar-refractivity contribution >= 4 is 32.6 Å². The van der Waals surface area contributed by atoms with Gasteiger partial charge in [-0.3, -0.25) is 0 Å². The Morgan fingerprint density at radius 3 is 2.30 bits per heavy atom. The van der Waals surface area contributed by atoms with Gasteiger partial charge in [-0.25, -0.2) is 8.42 Å². The maximum Gasteiger partial charge on any atom is 0.245 e. The summed E-state index contributed by atoms with van der Waals surface area (Å²) in [5.74, 6) is 2.31. The Balaban J connectivity index is 1.82. The summed E-state index contributed by atoms with van der Waals surface area (Å²) >= 11 is 1.56. The Morgan fingerprint density at radius 1 is 0.900 bits per heavy atom. The van der Waals surface area contributed by atoms with Gasteiger partial charge in [-0.15, -0.1) is 11.8 Å². The van der Waals surface area contributed by atoms with Crippen molar-refractivity contribution in [3.05, 3.63) is 60.2 Å². The lowest BCUT2D eigenvalue weighted by Crippen LogP contribution is -2.31. The van der Waals surface area contributed by atoms with Gasteiger partial charge in [-0.05, 0) is 17.5 Å². The zero-order valence-corrected chi connectivity index (χ0v) is 18.6. The standard InChI is InChI=1S/C22H23NO5S2/c1-26-18-14-20(28-3)19(27-2)13-17(18)22-23(11-12-29-22)30(24,25)21-10-6-8-15-7-4-5-9-16(15)21/h4-10,13-14,22H,11-12H2,1-3H3. The van der Waals surface area contributed by atoms with E-state index >= 15 is 0 Å². The van der Waals surface area contributed by atoms with Gasteiger partial charge >= 0.3 is 0 Å².